The average molecular weight is 291 g/mol. The fourth-order valence-corrected chi connectivity index (χ4v) is 3.86. The zero-order chi connectivity index (χ0) is 13.4. The van der Waals surface area contributed by atoms with Crippen molar-refractivity contribution < 1.29 is 4.79 Å². The zero-order valence-corrected chi connectivity index (χ0v) is 12.4. The number of carbonyl (C=O) groups is 1. The molecule has 0 atom stereocenters. The van der Waals surface area contributed by atoms with Crippen LogP contribution in [0.3, 0.4) is 0 Å². The Hall–Kier alpha value is -1.12. The molecule has 0 fully saturated rings. The van der Waals surface area contributed by atoms with Crippen LogP contribution in [0.2, 0.25) is 5.02 Å². The molecule has 0 radical (unpaired) electrons. The van der Waals surface area contributed by atoms with Crippen molar-refractivity contribution in [2.45, 2.75) is 32.6 Å². The Morgan fingerprint density at radius 1 is 1.32 bits per heavy atom. The number of hydrogen-bond donors (Lipinski definition) is 0. The molecule has 0 N–H and O–H groups in total. The Balaban J connectivity index is 1.82. The number of hydrogen-bond acceptors (Lipinski definition) is 2. The molecule has 1 heterocycles. The van der Waals surface area contributed by atoms with Gasteiger partial charge in [-0.05, 0) is 53.8 Å². The van der Waals surface area contributed by atoms with E-state index in [1.807, 2.05) is 12.3 Å². The van der Waals surface area contributed by atoms with Gasteiger partial charge in [-0.2, -0.15) is 0 Å². The maximum absolute atomic E-state index is 12.3. The molecule has 1 nitrogen and oxygen atoms in total. The monoisotopic (exact) mass is 290 g/mol. The van der Waals surface area contributed by atoms with Crippen molar-refractivity contribution >= 4 is 28.7 Å². The number of benzene rings is 1. The van der Waals surface area contributed by atoms with Gasteiger partial charge in [-0.25, -0.2) is 0 Å². The van der Waals surface area contributed by atoms with Gasteiger partial charge in [-0.3, -0.25) is 4.79 Å². The fourth-order valence-electron chi connectivity index (χ4n) is 2.62. The Morgan fingerprint density at radius 3 is 2.84 bits per heavy atom. The summed E-state index contributed by atoms with van der Waals surface area (Å²) in [6, 6.07) is 6.44. The molecule has 0 saturated heterocycles. The van der Waals surface area contributed by atoms with E-state index in [1.165, 1.54) is 35.3 Å². The summed E-state index contributed by atoms with van der Waals surface area (Å²) < 4.78 is 0. The maximum Gasteiger partial charge on any atom is 0.178 e. The molecule has 0 amide bonds. The number of carbonyl (C=O) groups excluding carboxylic acids is 1. The first kappa shape index (κ1) is 12.9. The van der Waals surface area contributed by atoms with Crippen molar-refractivity contribution in [2.75, 3.05) is 0 Å². The number of halogens is 1. The minimum atomic E-state index is 0.126. The summed E-state index contributed by atoms with van der Waals surface area (Å²) in [6.45, 7) is 1.94. The first-order valence-electron chi connectivity index (χ1n) is 6.52. The van der Waals surface area contributed by atoms with Crippen molar-refractivity contribution in [2.24, 2.45) is 0 Å². The van der Waals surface area contributed by atoms with Crippen LogP contribution in [0.1, 0.15) is 38.3 Å². The van der Waals surface area contributed by atoms with E-state index in [-0.39, 0.29) is 5.78 Å². The van der Waals surface area contributed by atoms with E-state index in [1.54, 1.807) is 0 Å². The van der Waals surface area contributed by atoms with E-state index in [0.29, 0.717) is 16.3 Å². The maximum atomic E-state index is 12.3. The number of thiophene rings is 1. The molecule has 0 bridgehead atoms. The van der Waals surface area contributed by atoms with Crippen molar-refractivity contribution in [3.63, 3.8) is 0 Å². The summed E-state index contributed by atoms with van der Waals surface area (Å²) in [5, 5.41) is 2.56. The van der Waals surface area contributed by atoms with Crippen LogP contribution in [0.5, 0.6) is 0 Å². The molecule has 3 rings (SSSR count). The third-order valence-electron chi connectivity index (χ3n) is 3.68. The standard InChI is InChI=1S/C16H15ClOS/c1-10-9-19-16(15(10)17)14(18)8-11-5-6-12-3-2-4-13(12)7-11/h5-7,9H,2-4,8H2,1H3. The SMILES string of the molecule is Cc1csc(C(=O)Cc2ccc3c(c2)CCC3)c1Cl. The summed E-state index contributed by atoms with van der Waals surface area (Å²) in [4.78, 5) is 13.0. The average Bonchev–Trinajstić information content (AvgIpc) is 2.97. The van der Waals surface area contributed by atoms with Gasteiger partial charge in [0, 0.05) is 6.42 Å². The molecule has 0 spiro atoms. The zero-order valence-electron chi connectivity index (χ0n) is 10.8. The minimum absolute atomic E-state index is 0.126. The van der Waals surface area contributed by atoms with Gasteiger partial charge >= 0.3 is 0 Å². The molecular weight excluding hydrogens is 276 g/mol. The Bertz CT molecular complexity index is 642. The predicted octanol–water partition coefficient (Wildman–Crippen LogP) is 4.62. The van der Waals surface area contributed by atoms with Gasteiger partial charge in [0.1, 0.15) is 0 Å². The van der Waals surface area contributed by atoms with Crippen LogP contribution in [0.25, 0.3) is 0 Å². The van der Waals surface area contributed by atoms with Crippen LogP contribution >= 0.6 is 22.9 Å². The van der Waals surface area contributed by atoms with Crippen molar-refractivity contribution in [1.82, 2.24) is 0 Å². The van der Waals surface area contributed by atoms with Gasteiger partial charge in [-0.1, -0.05) is 29.8 Å². The highest BCUT2D eigenvalue weighted by molar-refractivity contribution is 7.13. The van der Waals surface area contributed by atoms with Gasteiger partial charge in [0.05, 0.1) is 9.90 Å². The van der Waals surface area contributed by atoms with E-state index in [2.05, 4.69) is 18.2 Å². The molecule has 2 aromatic rings. The first-order valence-corrected chi connectivity index (χ1v) is 7.78. The highest BCUT2D eigenvalue weighted by Crippen LogP contribution is 2.29. The Morgan fingerprint density at radius 2 is 2.11 bits per heavy atom. The number of fused-ring (bicyclic) bond motifs is 1. The fraction of sp³-hybridized carbons (Fsp3) is 0.312. The lowest BCUT2D eigenvalue weighted by Crippen LogP contribution is -2.02. The Labute approximate surface area is 122 Å². The molecule has 1 aliphatic carbocycles. The molecule has 3 heteroatoms. The van der Waals surface area contributed by atoms with Gasteiger partial charge in [0.15, 0.2) is 5.78 Å². The molecule has 1 aliphatic rings. The van der Waals surface area contributed by atoms with E-state index in [0.717, 1.165) is 17.5 Å². The van der Waals surface area contributed by atoms with Crippen LogP contribution in [-0.2, 0) is 19.3 Å². The lowest BCUT2D eigenvalue weighted by molar-refractivity contribution is 0.0997. The van der Waals surface area contributed by atoms with E-state index in [9.17, 15) is 4.79 Å². The molecule has 1 aromatic carbocycles. The molecule has 98 valence electrons. The van der Waals surface area contributed by atoms with E-state index >= 15 is 0 Å². The summed E-state index contributed by atoms with van der Waals surface area (Å²) in [5.74, 6) is 0.126. The second-order valence-corrected chi connectivity index (χ2v) is 6.38. The molecule has 0 unspecified atom stereocenters. The summed E-state index contributed by atoms with van der Waals surface area (Å²) in [5.41, 5.74) is 4.96. The summed E-state index contributed by atoms with van der Waals surface area (Å²) in [6.07, 6.45) is 4.02. The lowest BCUT2D eigenvalue weighted by atomic mass is 10.0. The smallest absolute Gasteiger partial charge is 0.178 e. The lowest BCUT2D eigenvalue weighted by Gasteiger charge is -2.04. The van der Waals surface area contributed by atoms with E-state index in [4.69, 9.17) is 11.6 Å². The summed E-state index contributed by atoms with van der Waals surface area (Å²) in [7, 11) is 0. The highest BCUT2D eigenvalue weighted by Gasteiger charge is 2.16. The third-order valence-corrected chi connectivity index (χ3v) is 5.42. The van der Waals surface area contributed by atoms with Crippen LogP contribution in [0.15, 0.2) is 23.6 Å². The quantitative estimate of drug-likeness (QED) is 0.754. The molecule has 19 heavy (non-hydrogen) atoms. The second kappa shape index (κ2) is 5.10. The van der Waals surface area contributed by atoms with Gasteiger partial charge in [0.25, 0.3) is 0 Å². The van der Waals surface area contributed by atoms with Crippen LogP contribution in [0.4, 0.5) is 0 Å². The number of Topliss-reactive ketones (excluding diaryl/α,β-unsaturated/α-hetero) is 1. The molecule has 0 saturated carbocycles. The molecule has 1 aromatic heterocycles. The minimum Gasteiger partial charge on any atom is -0.293 e. The van der Waals surface area contributed by atoms with Crippen LogP contribution < -0.4 is 0 Å². The van der Waals surface area contributed by atoms with Crippen LogP contribution in [-0.4, -0.2) is 5.78 Å². The third kappa shape index (κ3) is 2.47. The number of ketones is 1. The Kier molecular flexibility index (Phi) is 3.46. The molecular formula is C16H15ClOS. The molecule has 0 aliphatic heterocycles. The van der Waals surface area contributed by atoms with Gasteiger partial charge in [0.2, 0.25) is 0 Å². The van der Waals surface area contributed by atoms with E-state index < -0.39 is 0 Å². The topological polar surface area (TPSA) is 17.1 Å². The van der Waals surface area contributed by atoms with Gasteiger partial charge in [-0.15, -0.1) is 11.3 Å². The largest absolute Gasteiger partial charge is 0.293 e. The second-order valence-electron chi connectivity index (χ2n) is 5.12. The van der Waals surface area contributed by atoms with Gasteiger partial charge < -0.3 is 0 Å². The number of rotatable bonds is 3. The summed E-state index contributed by atoms with van der Waals surface area (Å²) >= 11 is 7.60. The van der Waals surface area contributed by atoms with Crippen LogP contribution in [0, 0.1) is 6.92 Å². The normalized spacial score (nSPS) is 13.6. The van der Waals surface area contributed by atoms with Crippen molar-refractivity contribution in [1.29, 1.82) is 0 Å². The van der Waals surface area contributed by atoms with Crippen molar-refractivity contribution in [3.8, 4) is 0 Å². The predicted molar refractivity (Wildman–Crippen MR) is 80.6 cm³/mol. The highest BCUT2D eigenvalue weighted by atomic mass is 35.5. The van der Waals surface area contributed by atoms with Crippen molar-refractivity contribution in [3.05, 3.63) is 55.7 Å². The first-order chi connectivity index (χ1) is 9.15. The number of aryl methyl sites for hydroxylation is 3.